The highest BCUT2D eigenvalue weighted by Crippen LogP contribution is 2.26. The molecule has 0 unspecified atom stereocenters. The molecule has 3 nitrogen and oxygen atoms in total. The second-order valence-electron chi connectivity index (χ2n) is 3.29. The lowest BCUT2D eigenvalue weighted by Crippen LogP contribution is -2.17. The van der Waals surface area contributed by atoms with Crippen LogP contribution >= 0.6 is 11.5 Å². The molecule has 2 rings (SSSR count). The van der Waals surface area contributed by atoms with E-state index in [1.54, 1.807) is 6.20 Å². The Bertz CT molecular complexity index is 280. The standard InChI is InChI=1S/C8H12N2OS2/c11-13(8-6-9-10-12-8)7-4-2-1-3-5-7/h6-7H,1-5H2/t13-/m0/s1. The SMILES string of the molecule is O=[S@](c1cnns1)C1CCCCC1. The molecule has 0 aliphatic heterocycles. The number of hydrogen-bond donors (Lipinski definition) is 0. The highest BCUT2D eigenvalue weighted by Gasteiger charge is 2.22. The highest BCUT2D eigenvalue weighted by atomic mass is 32.2. The van der Waals surface area contributed by atoms with Gasteiger partial charge in [-0.3, -0.25) is 4.21 Å². The lowest BCUT2D eigenvalue weighted by Gasteiger charge is -2.19. The van der Waals surface area contributed by atoms with Gasteiger partial charge >= 0.3 is 0 Å². The van der Waals surface area contributed by atoms with Gasteiger partial charge in [0.1, 0.15) is 4.21 Å². The summed E-state index contributed by atoms with van der Waals surface area (Å²) in [6.45, 7) is 0. The van der Waals surface area contributed by atoms with Crippen LogP contribution in [0.1, 0.15) is 32.1 Å². The topological polar surface area (TPSA) is 42.9 Å². The third kappa shape index (κ3) is 2.14. The van der Waals surface area contributed by atoms with Crippen molar-refractivity contribution in [2.75, 3.05) is 0 Å². The maximum absolute atomic E-state index is 11.9. The summed E-state index contributed by atoms with van der Waals surface area (Å²) in [5.74, 6) is 0. The van der Waals surface area contributed by atoms with Crippen LogP contribution in [0.4, 0.5) is 0 Å². The van der Waals surface area contributed by atoms with Gasteiger partial charge in [-0.05, 0) is 24.4 Å². The summed E-state index contributed by atoms with van der Waals surface area (Å²) in [7, 11) is -0.845. The minimum atomic E-state index is -0.845. The number of rotatable bonds is 2. The molecule has 0 N–H and O–H groups in total. The third-order valence-electron chi connectivity index (χ3n) is 2.39. The average molecular weight is 216 g/mol. The Balaban J connectivity index is 2.04. The first-order valence-electron chi connectivity index (χ1n) is 4.56. The van der Waals surface area contributed by atoms with Crippen molar-refractivity contribution in [2.45, 2.75) is 41.6 Å². The van der Waals surface area contributed by atoms with Gasteiger partial charge in [-0.15, -0.1) is 5.10 Å². The van der Waals surface area contributed by atoms with Crippen molar-refractivity contribution >= 4 is 22.3 Å². The molecule has 1 saturated carbocycles. The molecule has 0 spiro atoms. The van der Waals surface area contributed by atoms with E-state index in [9.17, 15) is 4.21 Å². The first-order valence-corrected chi connectivity index (χ1v) is 6.54. The second-order valence-corrected chi connectivity index (χ2v) is 6.04. The maximum Gasteiger partial charge on any atom is 0.132 e. The molecule has 1 atom stereocenters. The van der Waals surface area contributed by atoms with Crippen LogP contribution in [0.25, 0.3) is 0 Å². The van der Waals surface area contributed by atoms with Crippen molar-refractivity contribution in [2.24, 2.45) is 0 Å². The van der Waals surface area contributed by atoms with Crippen molar-refractivity contribution in [1.29, 1.82) is 0 Å². The van der Waals surface area contributed by atoms with Crippen molar-refractivity contribution in [3.63, 3.8) is 0 Å². The summed E-state index contributed by atoms with van der Waals surface area (Å²) >= 11 is 1.26. The molecule has 1 heterocycles. The van der Waals surface area contributed by atoms with E-state index < -0.39 is 10.8 Å². The molecule has 1 aliphatic carbocycles. The minimum Gasteiger partial charge on any atom is -0.253 e. The van der Waals surface area contributed by atoms with Gasteiger partial charge in [-0.2, -0.15) is 0 Å². The molecule has 1 aromatic heterocycles. The molecular weight excluding hydrogens is 204 g/mol. The summed E-state index contributed by atoms with van der Waals surface area (Å²) in [5.41, 5.74) is 0. The van der Waals surface area contributed by atoms with E-state index in [1.165, 1.54) is 30.8 Å². The van der Waals surface area contributed by atoms with Crippen LogP contribution in [0.3, 0.4) is 0 Å². The molecule has 0 aromatic carbocycles. The van der Waals surface area contributed by atoms with Crippen LogP contribution in [-0.4, -0.2) is 19.0 Å². The number of aromatic nitrogens is 2. The van der Waals surface area contributed by atoms with Crippen LogP contribution < -0.4 is 0 Å². The fourth-order valence-corrected chi connectivity index (χ4v) is 4.00. The Hall–Kier alpha value is -0.290. The van der Waals surface area contributed by atoms with E-state index in [2.05, 4.69) is 9.59 Å². The zero-order valence-electron chi connectivity index (χ0n) is 7.31. The molecular formula is C8H12N2OS2. The predicted molar refractivity (Wildman–Crippen MR) is 53.2 cm³/mol. The fraction of sp³-hybridized carbons (Fsp3) is 0.750. The minimum absolute atomic E-state index is 0.357. The van der Waals surface area contributed by atoms with Crippen LogP contribution in [-0.2, 0) is 10.8 Å². The van der Waals surface area contributed by atoms with Gasteiger partial charge < -0.3 is 0 Å². The van der Waals surface area contributed by atoms with E-state index in [0.29, 0.717) is 5.25 Å². The zero-order valence-corrected chi connectivity index (χ0v) is 8.94. The summed E-state index contributed by atoms with van der Waals surface area (Å²) in [6, 6.07) is 0. The average Bonchev–Trinajstić information content (AvgIpc) is 2.71. The Morgan fingerprint density at radius 1 is 1.38 bits per heavy atom. The van der Waals surface area contributed by atoms with Gasteiger partial charge in [0.2, 0.25) is 0 Å². The normalized spacial score (nSPS) is 21.5. The highest BCUT2D eigenvalue weighted by molar-refractivity contribution is 7.87. The number of hydrogen-bond acceptors (Lipinski definition) is 4. The molecule has 0 radical (unpaired) electrons. The lowest BCUT2D eigenvalue weighted by molar-refractivity contribution is 0.505. The van der Waals surface area contributed by atoms with E-state index in [0.717, 1.165) is 17.1 Å². The van der Waals surface area contributed by atoms with Gasteiger partial charge in [-0.1, -0.05) is 23.8 Å². The maximum atomic E-state index is 11.9. The lowest BCUT2D eigenvalue weighted by atomic mass is 10.0. The van der Waals surface area contributed by atoms with E-state index >= 15 is 0 Å². The Labute approximate surface area is 84.2 Å². The molecule has 13 heavy (non-hydrogen) atoms. The van der Waals surface area contributed by atoms with Gasteiger partial charge in [0.25, 0.3) is 0 Å². The monoisotopic (exact) mass is 216 g/mol. The van der Waals surface area contributed by atoms with Crippen LogP contribution in [0.2, 0.25) is 0 Å². The quantitative estimate of drug-likeness (QED) is 0.759. The molecule has 1 aromatic rings. The molecule has 0 amide bonds. The van der Waals surface area contributed by atoms with Crippen molar-refractivity contribution in [3.05, 3.63) is 6.20 Å². The molecule has 5 heteroatoms. The van der Waals surface area contributed by atoms with Crippen LogP contribution in [0.5, 0.6) is 0 Å². The summed E-state index contributed by atoms with van der Waals surface area (Å²) in [5, 5.41) is 4.07. The van der Waals surface area contributed by atoms with Crippen molar-refractivity contribution in [1.82, 2.24) is 9.59 Å². The molecule has 1 fully saturated rings. The Morgan fingerprint density at radius 3 is 2.77 bits per heavy atom. The van der Waals surface area contributed by atoms with E-state index in [4.69, 9.17) is 0 Å². The summed E-state index contributed by atoms with van der Waals surface area (Å²) < 4.78 is 16.5. The van der Waals surface area contributed by atoms with Crippen molar-refractivity contribution < 1.29 is 4.21 Å². The van der Waals surface area contributed by atoms with Gasteiger partial charge in [0, 0.05) is 5.25 Å². The van der Waals surface area contributed by atoms with E-state index in [1.807, 2.05) is 0 Å². The predicted octanol–water partition coefficient (Wildman–Crippen LogP) is 1.98. The zero-order chi connectivity index (χ0) is 9.10. The third-order valence-corrected chi connectivity index (χ3v) is 5.15. The fourth-order valence-electron chi connectivity index (χ4n) is 1.69. The Kier molecular flexibility index (Phi) is 3.05. The van der Waals surface area contributed by atoms with E-state index in [-0.39, 0.29) is 0 Å². The van der Waals surface area contributed by atoms with Crippen molar-refractivity contribution in [3.8, 4) is 0 Å². The van der Waals surface area contributed by atoms with Crippen LogP contribution in [0, 0.1) is 0 Å². The molecule has 0 bridgehead atoms. The Morgan fingerprint density at radius 2 is 2.15 bits per heavy atom. The molecule has 72 valence electrons. The first kappa shape index (κ1) is 9.27. The second kappa shape index (κ2) is 4.28. The molecule has 0 saturated heterocycles. The van der Waals surface area contributed by atoms with Gasteiger partial charge in [-0.25, -0.2) is 0 Å². The smallest absolute Gasteiger partial charge is 0.132 e. The summed E-state index contributed by atoms with van der Waals surface area (Å²) in [4.78, 5) is 0. The largest absolute Gasteiger partial charge is 0.253 e. The molecule has 1 aliphatic rings. The van der Waals surface area contributed by atoms with Crippen LogP contribution in [0.15, 0.2) is 10.4 Å². The van der Waals surface area contributed by atoms with Gasteiger partial charge in [0.05, 0.1) is 17.0 Å². The first-order chi connectivity index (χ1) is 6.38. The van der Waals surface area contributed by atoms with Gasteiger partial charge in [0.15, 0.2) is 0 Å². The number of nitrogens with zero attached hydrogens (tertiary/aromatic N) is 2. The summed E-state index contributed by atoms with van der Waals surface area (Å²) in [6.07, 6.45) is 7.59.